The minimum absolute atomic E-state index is 0.00125. The SMILES string of the molecule is CC1=CCC[C@@]2(C)[C@@H](CC[C@@]2(O)CN(Cc2ccc(OC(F)(F)F)cc2)C(=O)N[C@H](C)c2ccccc2)c2ccc(cc2C(=O)c2ccccc2-c2ccccc2)C[C@@H](O)CC1. The molecular weight excluding hydrogens is 790 g/mol. The first-order valence-corrected chi connectivity index (χ1v) is 21.5. The molecule has 0 aromatic heterocycles. The Kier molecular flexibility index (Phi) is 13.4. The Bertz CT molecular complexity index is 2370. The molecule has 2 amide bonds. The fourth-order valence-electron chi connectivity index (χ4n) is 9.53. The number of hydrogen-bond donors (Lipinski definition) is 3. The lowest BCUT2D eigenvalue weighted by Crippen LogP contribution is -2.55. The van der Waals surface area contributed by atoms with Crippen molar-refractivity contribution in [3.8, 4) is 16.9 Å². The van der Waals surface area contributed by atoms with Gasteiger partial charge in [-0.2, -0.15) is 0 Å². The maximum Gasteiger partial charge on any atom is 0.573 e. The highest BCUT2D eigenvalue weighted by Crippen LogP contribution is 2.59. The highest BCUT2D eigenvalue weighted by molar-refractivity contribution is 6.13. The van der Waals surface area contributed by atoms with Gasteiger partial charge in [-0.1, -0.05) is 128 Å². The van der Waals surface area contributed by atoms with Gasteiger partial charge in [-0.15, -0.1) is 13.2 Å². The van der Waals surface area contributed by atoms with Crippen LogP contribution in [0.1, 0.15) is 109 Å². The standard InChI is InChI=1S/C52H55F3N2O5/c1-35-13-12-29-50(3)47(44-27-23-38(31-41(58)24-20-35)32-46(44)48(59)45-19-11-10-18-43(45)40-16-8-5-9-17-40)28-30-51(50,61)34-57(49(60)56-36(2)39-14-6-4-7-15-39)33-37-21-25-42(26-22-37)62-52(53,54)55/h4-11,13-19,21-23,25-27,32,36,41,47,58,61H,12,20,24,28-31,33-34H2,1-3H3,(H,56,60)/t36-,41+,47+,50+,51-/m1/s1. The van der Waals surface area contributed by atoms with Crippen LogP contribution in [0.4, 0.5) is 18.0 Å². The smallest absolute Gasteiger partial charge is 0.406 e. The number of amides is 2. The average molecular weight is 845 g/mol. The third-order valence-corrected chi connectivity index (χ3v) is 13.1. The summed E-state index contributed by atoms with van der Waals surface area (Å²) in [5.74, 6) is -0.830. The van der Waals surface area contributed by atoms with Crippen molar-refractivity contribution >= 4 is 11.8 Å². The summed E-state index contributed by atoms with van der Waals surface area (Å²) in [6, 6.07) is 37.4. The number of nitrogens with one attached hydrogen (secondary N) is 1. The van der Waals surface area contributed by atoms with E-state index in [1.165, 1.54) is 24.3 Å². The highest BCUT2D eigenvalue weighted by Gasteiger charge is 2.57. The van der Waals surface area contributed by atoms with Gasteiger partial charge in [0.15, 0.2) is 5.78 Å². The first kappa shape index (κ1) is 44.3. The Morgan fingerprint density at radius 1 is 0.871 bits per heavy atom. The summed E-state index contributed by atoms with van der Waals surface area (Å²) in [7, 11) is 0. The number of alkyl halides is 3. The summed E-state index contributed by atoms with van der Waals surface area (Å²) in [6.07, 6.45) is 0.355. The fourth-order valence-corrected chi connectivity index (χ4v) is 9.53. The fraction of sp³-hybridized carbons (Fsp3) is 0.346. The summed E-state index contributed by atoms with van der Waals surface area (Å²) in [4.78, 5) is 31.1. The zero-order valence-electron chi connectivity index (χ0n) is 35.5. The van der Waals surface area contributed by atoms with E-state index in [9.17, 15) is 28.2 Å². The van der Waals surface area contributed by atoms with Crippen molar-refractivity contribution < 1.29 is 37.7 Å². The predicted octanol–water partition coefficient (Wildman–Crippen LogP) is 11.5. The topological polar surface area (TPSA) is 99.1 Å². The molecule has 1 fully saturated rings. The van der Waals surface area contributed by atoms with Gasteiger partial charge in [0.25, 0.3) is 0 Å². The average Bonchev–Trinajstić information content (AvgIpc) is 3.51. The van der Waals surface area contributed by atoms with Crippen LogP contribution in [0, 0.1) is 5.41 Å². The van der Waals surface area contributed by atoms with Gasteiger partial charge in [0.2, 0.25) is 0 Å². The molecule has 2 bridgehead atoms. The van der Waals surface area contributed by atoms with Crippen LogP contribution < -0.4 is 10.1 Å². The number of fused-ring (bicyclic) bond motifs is 8. The van der Waals surface area contributed by atoms with E-state index < -0.39 is 29.5 Å². The monoisotopic (exact) mass is 844 g/mol. The third-order valence-electron chi connectivity index (χ3n) is 13.1. The van der Waals surface area contributed by atoms with Crippen LogP contribution in [0.2, 0.25) is 0 Å². The van der Waals surface area contributed by atoms with Gasteiger partial charge in [0.1, 0.15) is 5.75 Å². The molecule has 1 saturated carbocycles. The number of nitrogens with zero attached hydrogens (tertiary/aromatic N) is 1. The van der Waals surface area contributed by atoms with Crippen molar-refractivity contribution in [2.24, 2.45) is 5.41 Å². The van der Waals surface area contributed by atoms with Gasteiger partial charge in [-0.3, -0.25) is 4.79 Å². The number of rotatable bonds is 10. The van der Waals surface area contributed by atoms with Gasteiger partial charge in [0, 0.05) is 23.1 Å². The van der Waals surface area contributed by atoms with Gasteiger partial charge in [-0.25, -0.2) is 4.79 Å². The van der Waals surface area contributed by atoms with E-state index in [2.05, 4.69) is 30.0 Å². The second-order valence-corrected chi connectivity index (χ2v) is 17.3. The van der Waals surface area contributed by atoms with E-state index >= 15 is 4.79 Å². The number of halogens is 3. The number of hydrogen-bond acceptors (Lipinski definition) is 5. The number of aliphatic hydroxyl groups is 2. The summed E-state index contributed by atoms with van der Waals surface area (Å²) in [5.41, 5.74) is 4.70. The first-order chi connectivity index (χ1) is 29.6. The van der Waals surface area contributed by atoms with Crippen LogP contribution >= 0.6 is 0 Å². The molecule has 0 aliphatic heterocycles. The van der Waals surface area contributed by atoms with Crippen LogP contribution in [-0.2, 0) is 13.0 Å². The lowest BCUT2D eigenvalue weighted by Gasteiger charge is -2.46. The lowest BCUT2D eigenvalue weighted by atomic mass is 9.64. The Hall–Kier alpha value is -5.71. The number of urea groups is 1. The number of allylic oxidation sites excluding steroid dienone is 2. The Morgan fingerprint density at radius 2 is 1.55 bits per heavy atom. The van der Waals surface area contributed by atoms with Gasteiger partial charge in [0.05, 0.1) is 24.3 Å². The van der Waals surface area contributed by atoms with E-state index in [0.29, 0.717) is 61.6 Å². The van der Waals surface area contributed by atoms with Crippen LogP contribution in [0.25, 0.3) is 11.1 Å². The third kappa shape index (κ3) is 10.1. The largest absolute Gasteiger partial charge is 0.573 e. The number of carbonyl (C=O) groups is 2. The van der Waals surface area contributed by atoms with Crippen LogP contribution in [0.5, 0.6) is 5.75 Å². The number of ether oxygens (including phenoxy) is 1. The van der Waals surface area contributed by atoms with Crippen molar-refractivity contribution in [2.45, 2.75) is 102 Å². The van der Waals surface area contributed by atoms with E-state index in [0.717, 1.165) is 33.4 Å². The first-order valence-electron chi connectivity index (χ1n) is 21.5. The molecule has 0 unspecified atom stereocenters. The maximum atomic E-state index is 15.1. The molecule has 0 radical (unpaired) electrons. The van der Waals surface area contributed by atoms with Crippen LogP contribution in [-0.4, -0.2) is 51.5 Å². The van der Waals surface area contributed by atoms with Crippen molar-refractivity contribution in [1.29, 1.82) is 0 Å². The van der Waals surface area contributed by atoms with Crippen LogP contribution in [0.15, 0.2) is 139 Å². The van der Waals surface area contributed by atoms with Crippen LogP contribution in [0.3, 0.4) is 0 Å². The number of ketones is 1. The maximum absolute atomic E-state index is 15.1. The Balaban J connectivity index is 1.29. The zero-order valence-corrected chi connectivity index (χ0v) is 35.5. The lowest BCUT2D eigenvalue weighted by molar-refractivity contribution is -0.274. The van der Waals surface area contributed by atoms with Crippen molar-refractivity contribution in [3.63, 3.8) is 0 Å². The normalized spacial score (nSPS) is 22.2. The highest BCUT2D eigenvalue weighted by atomic mass is 19.4. The molecule has 5 aromatic carbocycles. The molecule has 3 aliphatic carbocycles. The molecule has 8 rings (SSSR count). The molecule has 62 heavy (non-hydrogen) atoms. The minimum Gasteiger partial charge on any atom is -0.406 e. The molecule has 5 atom stereocenters. The molecule has 0 saturated heterocycles. The molecule has 0 heterocycles. The number of benzene rings is 5. The van der Waals surface area contributed by atoms with E-state index in [1.807, 2.05) is 110 Å². The molecule has 5 aromatic rings. The number of aliphatic hydroxyl groups excluding tert-OH is 1. The number of carbonyl (C=O) groups excluding carboxylic acids is 2. The quantitative estimate of drug-likeness (QED) is 0.0960. The van der Waals surface area contributed by atoms with Crippen molar-refractivity contribution in [3.05, 3.63) is 172 Å². The molecule has 0 spiro atoms. The van der Waals surface area contributed by atoms with Crippen molar-refractivity contribution in [1.82, 2.24) is 10.2 Å². The van der Waals surface area contributed by atoms with Gasteiger partial charge in [-0.05, 0) is 116 Å². The van der Waals surface area contributed by atoms with E-state index in [4.69, 9.17) is 0 Å². The zero-order chi connectivity index (χ0) is 44.1. The summed E-state index contributed by atoms with van der Waals surface area (Å²) < 4.78 is 43.2. The minimum atomic E-state index is -4.85. The summed E-state index contributed by atoms with van der Waals surface area (Å²) in [5, 5.41) is 27.5. The summed E-state index contributed by atoms with van der Waals surface area (Å²) in [6.45, 7) is 5.91. The second-order valence-electron chi connectivity index (χ2n) is 17.3. The van der Waals surface area contributed by atoms with Gasteiger partial charge >= 0.3 is 12.4 Å². The molecule has 10 heteroatoms. The molecule has 324 valence electrons. The molecule has 7 nitrogen and oxygen atoms in total. The van der Waals surface area contributed by atoms with E-state index in [-0.39, 0.29) is 36.6 Å². The Labute approximate surface area is 362 Å². The summed E-state index contributed by atoms with van der Waals surface area (Å²) >= 11 is 0. The predicted molar refractivity (Wildman–Crippen MR) is 236 cm³/mol. The molecule has 3 aliphatic rings. The molecular formula is C52H55F3N2O5. The Morgan fingerprint density at radius 3 is 2.26 bits per heavy atom. The second kappa shape index (κ2) is 18.7. The van der Waals surface area contributed by atoms with Crippen molar-refractivity contribution in [2.75, 3.05) is 6.54 Å². The van der Waals surface area contributed by atoms with Gasteiger partial charge < -0.3 is 25.2 Å². The van der Waals surface area contributed by atoms with E-state index in [1.54, 1.807) is 4.90 Å². The molecule has 3 N–H and O–H groups in total.